The maximum absolute atomic E-state index is 13.0. The number of aromatic nitrogens is 1. The van der Waals surface area contributed by atoms with Gasteiger partial charge in [-0.3, -0.25) is 14.6 Å². The van der Waals surface area contributed by atoms with Gasteiger partial charge in [0, 0.05) is 17.4 Å². The fourth-order valence-corrected chi connectivity index (χ4v) is 4.16. The Morgan fingerprint density at radius 2 is 2.06 bits per heavy atom. The molecule has 0 bridgehead atoms. The number of ketones is 1. The van der Waals surface area contributed by atoms with Gasteiger partial charge < -0.3 is 19.2 Å². The molecule has 9 heteroatoms. The molecule has 0 saturated carbocycles. The van der Waals surface area contributed by atoms with E-state index in [1.165, 1.54) is 36.6 Å². The first kappa shape index (κ1) is 21.0. The van der Waals surface area contributed by atoms with Gasteiger partial charge in [-0.1, -0.05) is 29.3 Å². The Labute approximate surface area is 187 Å². The Morgan fingerprint density at radius 1 is 1.26 bits per heavy atom. The quantitative estimate of drug-likeness (QED) is 0.340. The summed E-state index contributed by atoms with van der Waals surface area (Å²) in [7, 11) is 1.37. The van der Waals surface area contributed by atoms with Crippen LogP contribution in [-0.2, 0) is 16.1 Å². The lowest BCUT2D eigenvalue weighted by Gasteiger charge is -2.24. The monoisotopic (exact) mass is 458 g/mol. The zero-order chi connectivity index (χ0) is 22.1. The molecule has 1 atom stereocenters. The fourth-order valence-electron chi connectivity index (χ4n) is 3.59. The summed E-state index contributed by atoms with van der Waals surface area (Å²) in [6.45, 7) is 0.0291. The molecule has 1 aliphatic rings. The Bertz CT molecular complexity index is 1180. The predicted molar refractivity (Wildman–Crippen MR) is 114 cm³/mol. The molecule has 3 aromatic rings. The summed E-state index contributed by atoms with van der Waals surface area (Å²) in [5, 5.41) is 11.6. The lowest BCUT2D eigenvalue weighted by molar-refractivity contribution is -0.140. The van der Waals surface area contributed by atoms with Crippen LogP contribution < -0.4 is 4.74 Å². The number of likely N-dealkylation sites (tertiary alicyclic amines) is 1. The van der Waals surface area contributed by atoms with Gasteiger partial charge in [0.2, 0.25) is 0 Å². The Morgan fingerprint density at radius 3 is 2.71 bits per heavy atom. The maximum atomic E-state index is 13.0. The molecule has 1 saturated heterocycles. The maximum Gasteiger partial charge on any atom is 0.296 e. The molecule has 7 nitrogen and oxygen atoms in total. The summed E-state index contributed by atoms with van der Waals surface area (Å²) in [6.07, 6.45) is 4.58. The number of nitrogens with zero attached hydrogens (tertiary/aromatic N) is 2. The van der Waals surface area contributed by atoms with Crippen LogP contribution in [0.5, 0.6) is 5.75 Å². The van der Waals surface area contributed by atoms with Crippen molar-refractivity contribution in [1.82, 2.24) is 9.88 Å². The van der Waals surface area contributed by atoms with Gasteiger partial charge in [-0.2, -0.15) is 0 Å². The van der Waals surface area contributed by atoms with Gasteiger partial charge in [0.1, 0.15) is 17.3 Å². The van der Waals surface area contributed by atoms with Crippen molar-refractivity contribution < 1.29 is 23.8 Å². The summed E-state index contributed by atoms with van der Waals surface area (Å²) < 4.78 is 10.7. The first-order chi connectivity index (χ1) is 14.9. The number of hydrogen-bond acceptors (Lipinski definition) is 6. The second-order valence-corrected chi connectivity index (χ2v) is 7.60. The van der Waals surface area contributed by atoms with Gasteiger partial charge in [0.15, 0.2) is 0 Å². The number of ether oxygens (including phenoxy) is 1. The molecule has 1 fully saturated rings. The number of Topliss-reactive ketones (excluding diaryl/α,β-unsaturated/α-hetero) is 1. The lowest BCUT2D eigenvalue weighted by Crippen LogP contribution is -2.29. The molecular formula is C22H16Cl2N2O5. The summed E-state index contributed by atoms with van der Waals surface area (Å²) in [4.78, 5) is 31.4. The number of benzene rings is 1. The smallest absolute Gasteiger partial charge is 0.296 e. The lowest BCUT2D eigenvalue weighted by atomic mass is 9.96. The number of aliphatic hydroxyl groups is 1. The average Bonchev–Trinajstić information content (AvgIpc) is 3.36. The van der Waals surface area contributed by atoms with Gasteiger partial charge in [0.05, 0.1) is 42.1 Å². The molecule has 0 radical (unpaired) electrons. The van der Waals surface area contributed by atoms with Crippen LogP contribution in [0.15, 0.2) is 65.0 Å². The summed E-state index contributed by atoms with van der Waals surface area (Å²) in [5.74, 6) is -1.46. The Balaban J connectivity index is 1.93. The van der Waals surface area contributed by atoms with Crippen LogP contribution in [0.2, 0.25) is 10.0 Å². The van der Waals surface area contributed by atoms with E-state index in [0.717, 1.165) is 0 Å². The summed E-state index contributed by atoms with van der Waals surface area (Å²) >= 11 is 12.3. The van der Waals surface area contributed by atoms with Crippen molar-refractivity contribution >= 4 is 40.7 Å². The standard InChI is InChI=1S/C22H16Cl2N2O5/c1-30-21-15(8-13(23)9-16(21)24)19(27)17-18(12-4-2-6-25-10-12)26(22(29)20(17)28)11-14-5-3-7-31-14/h2-10,18,27H,11H2,1H3/b19-17+. The van der Waals surface area contributed by atoms with Crippen LogP contribution in [0.4, 0.5) is 0 Å². The first-order valence-electron chi connectivity index (χ1n) is 9.16. The number of methoxy groups -OCH3 is 1. The first-order valence-corrected chi connectivity index (χ1v) is 9.92. The number of aliphatic hydroxyl groups excluding tert-OH is 1. The zero-order valence-corrected chi connectivity index (χ0v) is 17.7. The number of halogens is 2. The molecule has 0 aliphatic carbocycles. The third-order valence-corrected chi connectivity index (χ3v) is 5.41. The fraction of sp³-hybridized carbons (Fsp3) is 0.136. The molecule has 2 aromatic heterocycles. The zero-order valence-electron chi connectivity index (χ0n) is 16.2. The van der Waals surface area contributed by atoms with E-state index in [1.54, 1.807) is 30.5 Å². The highest BCUT2D eigenvalue weighted by atomic mass is 35.5. The van der Waals surface area contributed by atoms with Gasteiger partial charge in [-0.25, -0.2) is 0 Å². The van der Waals surface area contributed by atoms with E-state index in [0.29, 0.717) is 11.3 Å². The van der Waals surface area contributed by atoms with E-state index >= 15 is 0 Å². The van der Waals surface area contributed by atoms with E-state index in [4.69, 9.17) is 32.4 Å². The molecule has 1 unspecified atom stereocenters. The predicted octanol–water partition coefficient (Wildman–Crippen LogP) is 4.61. The number of amides is 1. The second-order valence-electron chi connectivity index (χ2n) is 6.76. The largest absolute Gasteiger partial charge is 0.507 e. The van der Waals surface area contributed by atoms with Crippen LogP contribution in [0.3, 0.4) is 0 Å². The van der Waals surface area contributed by atoms with Crippen LogP contribution in [0.1, 0.15) is 22.9 Å². The molecule has 3 heterocycles. The average molecular weight is 459 g/mol. The van der Waals surface area contributed by atoms with Crippen molar-refractivity contribution in [2.75, 3.05) is 7.11 Å². The number of carbonyl (C=O) groups excluding carboxylic acids is 2. The SMILES string of the molecule is COc1c(Cl)cc(Cl)cc1/C(O)=C1\C(=O)C(=O)N(Cc2ccco2)C1c1cccnc1. The van der Waals surface area contributed by atoms with E-state index < -0.39 is 23.5 Å². The Hall–Kier alpha value is -3.29. The minimum absolute atomic E-state index is 0.0291. The normalized spacial score (nSPS) is 17.9. The van der Waals surface area contributed by atoms with Gasteiger partial charge >= 0.3 is 0 Å². The van der Waals surface area contributed by atoms with Gasteiger partial charge in [-0.15, -0.1) is 0 Å². The number of pyridine rings is 1. The third-order valence-electron chi connectivity index (χ3n) is 4.91. The minimum Gasteiger partial charge on any atom is -0.507 e. The molecular weight excluding hydrogens is 443 g/mol. The molecule has 158 valence electrons. The highest BCUT2D eigenvalue weighted by Gasteiger charge is 2.46. The van der Waals surface area contributed by atoms with E-state index in [2.05, 4.69) is 4.98 Å². The highest BCUT2D eigenvalue weighted by molar-refractivity contribution is 6.46. The molecule has 1 N–H and O–H groups in total. The van der Waals surface area contributed by atoms with Crippen molar-refractivity contribution in [2.45, 2.75) is 12.6 Å². The van der Waals surface area contributed by atoms with Crippen LogP contribution in [-0.4, -0.2) is 33.8 Å². The molecule has 31 heavy (non-hydrogen) atoms. The van der Waals surface area contributed by atoms with Gasteiger partial charge in [-0.05, 0) is 35.9 Å². The van der Waals surface area contributed by atoms with E-state index in [1.807, 2.05) is 0 Å². The summed E-state index contributed by atoms with van der Waals surface area (Å²) in [5.41, 5.74) is 0.521. The van der Waals surface area contributed by atoms with Crippen molar-refractivity contribution in [3.8, 4) is 5.75 Å². The van der Waals surface area contributed by atoms with Crippen LogP contribution in [0.25, 0.3) is 5.76 Å². The molecule has 1 aromatic carbocycles. The molecule has 1 amide bonds. The molecule has 1 aliphatic heterocycles. The minimum atomic E-state index is -0.902. The Kier molecular flexibility index (Phi) is 5.71. The molecule has 4 rings (SSSR count). The topological polar surface area (TPSA) is 92.9 Å². The van der Waals surface area contributed by atoms with Crippen molar-refractivity contribution in [1.29, 1.82) is 0 Å². The van der Waals surface area contributed by atoms with Crippen molar-refractivity contribution in [3.63, 3.8) is 0 Å². The van der Waals surface area contributed by atoms with E-state index in [9.17, 15) is 14.7 Å². The summed E-state index contributed by atoms with van der Waals surface area (Å²) in [6, 6.07) is 8.74. The van der Waals surface area contributed by atoms with Crippen molar-refractivity contribution in [3.05, 3.63) is 87.6 Å². The third kappa shape index (κ3) is 3.78. The highest BCUT2D eigenvalue weighted by Crippen LogP contribution is 2.43. The number of rotatable bonds is 5. The number of furan rings is 1. The number of hydrogen-bond donors (Lipinski definition) is 1. The van der Waals surface area contributed by atoms with E-state index in [-0.39, 0.29) is 33.5 Å². The second kappa shape index (κ2) is 8.45. The van der Waals surface area contributed by atoms with Crippen LogP contribution >= 0.6 is 23.2 Å². The number of carbonyl (C=O) groups is 2. The van der Waals surface area contributed by atoms with Crippen LogP contribution in [0, 0.1) is 0 Å². The van der Waals surface area contributed by atoms with Crippen molar-refractivity contribution in [2.24, 2.45) is 0 Å². The van der Waals surface area contributed by atoms with Gasteiger partial charge in [0.25, 0.3) is 11.7 Å². The molecule has 0 spiro atoms.